The summed E-state index contributed by atoms with van der Waals surface area (Å²) < 4.78 is 5.37. The molecule has 1 aliphatic rings. The molecule has 0 aromatic heterocycles. The predicted molar refractivity (Wildman–Crippen MR) is 90.1 cm³/mol. The van der Waals surface area contributed by atoms with Crippen LogP contribution < -0.4 is 0 Å². The lowest BCUT2D eigenvalue weighted by molar-refractivity contribution is -0.150. The Morgan fingerprint density at radius 1 is 1.17 bits per heavy atom. The van der Waals surface area contributed by atoms with Gasteiger partial charge in [-0.3, -0.25) is 9.59 Å². The number of benzene rings is 1. The van der Waals surface area contributed by atoms with Crippen molar-refractivity contribution in [3.63, 3.8) is 0 Å². The molecular formula is C19H27NO3. The minimum Gasteiger partial charge on any atom is -0.465 e. The number of amides is 1. The van der Waals surface area contributed by atoms with E-state index in [0.29, 0.717) is 44.0 Å². The summed E-state index contributed by atoms with van der Waals surface area (Å²) >= 11 is 0. The summed E-state index contributed by atoms with van der Waals surface area (Å²) in [5.41, 5.74) is 0.710. The maximum Gasteiger partial charge on any atom is 0.309 e. The molecule has 0 aliphatic carbocycles. The van der Waals surface area contributed by atoms with E-state index in [9.17, 15) is 9.59 Å². The zero-order valence-corrected chi connectivity index (χ0v) is 14.2. The van der Waals surface area contributed by atoms with Crippen molar-refractivity contribution in [2.24, 2.45) is 11.8 Å². The maximum absolute atomic E-state index is 12.4. The smallest absolute Gasteiger partial charge is 0.309 e. The van der Waals surface area contributed by atoms with Gasteiger partial charge >= 0.3 is 5.97 Å². The first kappa shape index (κ1) is 17.5. The Kier molecular flexibility index (Phi) is 6.63. The summed E-state index contributed by atoms with van der Waals surface area (Å²) in [7, 11) is 0. The lowest BCUT2D eigenvalue weighted by atomic mass is 9.96. The number of piperidine rings is 1. The van der Waals surface area contributed by atoms with Crippen LogP contribution in [-0.4, -0.2) is 36.5 Å². The number of hydrogen-bond acceptors (Lipinski definition) is 3. The molecule has 1 amide bonds. The number of carbonyl (C=O) groups is 2. The van der Waals surface area contributed by atoms with Crippen molar-refractivity contribution >= 4 is 11.9 Å². The molecular weight excluding hydrogens is 290 g/mol. The highest BCUT2D eigenvalue weighted by atomic mass is 16.5. The molecule has 1 saturated heterocycles. The standard InChI is InChI=1S/C19H27NO3/c1-15(2)7-6-14-23-19(22)17-10-12-20(13-11-17)18(21)16-8-4-3-5-9-16/h3-5,8-9,15,17H,6-7,10-14H2,1-2H3. The molecule has 126 valence electrons. The van der Waals surface area contributed by atoms with Crippen LogP contribution in [0.15, 0.2) is 30.3 Å². The average Bonchev–Trinajstić information content (AvgIpc) is 2.58. The fourth-order valence-electron chi connectivity index (χ4n) is 2.86. The quantitative estimate of drug-likeness (QED) is 0.596. The highest BCUT2D eigenvalue weighted by Crippen LogP contribution is 2.20. The van der Waals surface area contributed by atoms with Gasteiger partial charge in [0.25, 0.3) is 5.91 Å². The van der Waals surface area contributed by atoms with Gasteiger partial charge < -0.3 is 9.64 Å². The maximum atomic E-state index is 12.4. The Hall–Kier alpha value is -1.84. The fourth-order valence-corrected chi connectivity index (χ4v) is 2.86. The monoisotopic (exact) mass is 317 g/mol. The molecule has 0 saturated carbocycles. The minimum atomic E-state index is -0.0967. The van der Waals surface area contributed by atoms with E-state index in [1.807, 2.05) is 35.2 Å². The van der Waals surface area contributed by atoms with Crippen molar-refractivity contribution in [1.29, 1.82) is 0 Å². The third-order valence-corrected chi connectivity index (χ3v) is 4.31. The number of hydrogen-bond donors (Lipinski definition) is 0. The molecule has 0 unspecified atom stereocenters. The molecule has 1 fully saturated rings. The molecule has 1 aromatic rings. The van der Waals surface area contributed by atoms with Crippen LogP contribution in [0.1, 0.15) is 49.9 Å². The summed E-state index contributed by atoms with van der Waals surface area (Å²) in [5.74, 6) is 0.532. The van der Waals surface area contributed by atoms with Crippen molar-refractivity contribution in [2.75, 3.05) is 19.7 Å². The van der Waals surface area contributed by atoms with E-state index >= 15 is 0 Å². The van der Waals surface area contributed by atoms with Crippen LogP contribution in [0.3, 0.4) is 0 Å². The van der Waals surface area contributed by atoms with E-state index in [1.54, 1.807) is 0 Å². The number of esters is 1. The highest BCUT2D eigenvalue weighted by Gasteiger charge is 2.28. The summed E-state index contributed by atoms with van der Waals surface area (Å²) in [6, 6.07) is 9.30. The van der Waals surface area contributed by atoms with Crippen LogP contribution in [0.2, 0.25) is 0 Å². The Bertz CT molecular complexity index is 505. The molecule has 2 rings (SSSR count). The van der Waals surface area contributed by atoms with Crippen molar-refractivity contribution in [3.05, 3.63) is 35.9 Å². The number of carbonyl (C=O) groups excluding carboxylic acids is 2. The minimum absolute atomic E-state index is 0.0503. The molecule has 4 nitrogen and oxygen atoms in total. The van der Waals surface area contributed by atoms with Gasteiger partial charge in [0.2, 0.25) is 0 Å². The van der Waals surface area contributed by atoms with E-state index in [2.05, 4.69) is 13.8 Å². The predicted octanol–water partition coefficient (Wildman–Crippen LogP) is 3.52. The van der Waals surface area contributed by atoms with Crippen molar-refractivity contribution < 1.29 is 14.3 Å². The number of likely N-dealkylation sites (tertiary alicyclic amines) is 1. The Labute approximate surface area is 138 Å². The van der Waals surface area contributed by atoms with Crippen molar-refractivity contribution in [1.82, 2.24) is 4.90 Å². The molecule has 1 aliphatic heterocycles. The molecule has 4 heteroatoms. The fraction of sp³-hybridized carbons (Fsp3) is 0.579. The topological polar surface area (TPSA) is 46.6 Å². The Balaban J connectivity index is 1.73. The average molecular weight is 317 g/mol. The van der Waals surface area contributed by atoms with Gasteiger partial charge in [-0.1, -0.05) is 32.0 Å². The van der Waals surface area contributed by atoms with Crippen molar-refractivity contribution in [2.45, 2.75) is 39.5 Å². The Morgan fingerprint density at radius 2 is 1.83 bits per heavy atom. The first-order valence-electron chi connectivity index (χ1n) is 8.59. The van der Waals surface area contributed by atoms with Gasteiger partial charge in [-0.05, 0) is 43.7 Å². The molecule has 0 atom stereocenters. The summed E-state index contributed by atoms with van der Waals surface area (Å²) in [6.07, 6.45) is 3.40. The first-order chi connectivity index (χ1) is 11.1. The van der Waals surface area contributed by atoms with E-state index in [1.165, 1.54) is 0 Å². The third-order valence-electron chi connectivity index (χ3n) is 4.31. The van der Waals surface area contributed by atoms with Gasteiger partial charge in [-0.2, -0.15) is 0 Å². The molecule has 0 bridgehead atoms. The number of rotatable bonds is 6. The molecule has 1 heterocycles. The van der Waals surface area contributed by atoms with Crippen LogP contribution in [0, 0.1) is 11.8 Å². The SMILES string of the molecule is CC(C)CCCOC(=O)C1CCN(C(=O)c2ccccc2)CC1. The Morgan fingerprint density at radius 3 is 2.43 bits per heavy atom. The van der Waals surface area contributed by atoms with E-state index in [0.717, 1.165) is 12.8 Å². The molecule has 0 radical (unpaired) electrons. The summed E-state index contributed by atoms with van der Waals surface area (Å²) in [5, 5.41) is 0. The third kappa shape index (κ3) is 5.38. The van der Waals surface area contributed by atoms with Gasteiger partial charge in [-0.15, -0.1) is 0 Å². The lowest BCUT2D eigenvalue weighted by Crippen LogP contribution is -2.40. The van der Waals surface area contributed by atoms with E-state index in [4.69, 9.17) is 4.74 Å². The van der Waals surface area contributed by atoms with Crippen LogP contribution in [-0.2, 0) is 9.53 Å². The summed E-state index contributed by atoms with van der Waals surface area (Å²) in [6.45, 7) is 6.10. The number of nitrogens with zero attached hydrogens (tertiary/aromatic N) is 1. The second-order valence-electron chi connectivity index (χ2n) is 6.64. The normalized spacial score (nSPS) is 15.7. The van der Waals surface area contributed by atoms with Gasteiger partial charge in [0.1, 0.15) is 0 Å². The highest BCUT2D eigenvalue weighted by molar-refractivity contribution is 5.94. The van der Waals surface area contributed by atoms with E-state index in [-0.39, 0.29) is 17.8 Å². The molecule has 1 aromatic carbocycles. The van der Waals surface area contributed by atoms with Crippen LogP contribution >= 0.6 is 0 Å². The lowest BCUT2D eigenvalue weighted by Gasteiger charge is -2.31. The van der Waals surface area contributed by atoms with Gasteiger partial charge in [0.15, 0.2) is 0 Å². The van der Waals surface area contributed by atoms with Gasteiger partial charge in [0.05, 0.1) is 12.5 Å². The van der Waals surface area contributed by atoms with Crippen molar-refractivity contribution in [3.8, 4) is 0 Å². The van der Waals surface area contributed by atoms with Gasteiger partial charge in [0, 0.05) is 18.7 Å². The van der Waals surface area contributed by atoms with Crippen LogP contribution in [0.4, 0.5) is 0 Å². The molecule has 0 spiro atoms. The van der Waals surface area contributed by atoms with Crippen LogP contribution in [0.25, 0.3) is 0 Å². The number of ether oxygens (including phenoxy) is 1. The van der Waals surface area contributed by atoms with Crippen LogP contribution in [0.5, 0.6) is 0 Å². The van der Waals surface area contributed by atoms with E-state index < -0.39 is 0 Å². The zero-order chi connectivity index (χ0) is 16.7. The zero-order valence-electron chi connectivity index (χ0n) is 14.2. The first-order valence-corrected chi connectivity index (χ1v) is 8.59. The second kappa shape index (κ2) is 8.70. The molecule has 23 heavy (non-hydrogen) atoms. The summed E-state index contributed by atoms with van der Waals surface area (Å²) in [4.78, 5) is 26.3. The second-order valence-corrected chi connectivity index (χ2v) is 6.64. The largest absolute Gasteiger partial charge is 0.465 e. The van der Waals surface area contributed by atoms with Gasteiger partial charge in [-0.25, -0.2) is 0 Å². The molecule has 0 N–H and O–H groups in total.